The number of aromatic nitrogens is 3. The van der Waals surface area contributed by atoms with Crippen LogP contribution in [0.2, 0.25) is 0 Å². The molecule has 0 unspecified atom stereocenters. The molecule has 0 aliphatic carbocycles. The van der Waals surface area contributed by atoms with E-state index in [0.29, 0.717) is 6.04 Å². The largest absolute Gasteiger partial charge is 0.305 e. The fourth-order valence-corrected chi connectivity index (χ4v) is 2.35. The van der Waals surface area contributed by atoms with E-state index < -0.39 is 0 Å². The van der Waals surface area contributed by atoms with Gasteiger partial charge in [-0.2, -0.15) is 5.10 Å². The molecule has 0 spiro atoms. The topological polar surface area (TPSA) is 42.7 Å². The third kappa shape index (κ3) is 3.67. The Morgan fingerprint density at radius 2 is 2.00 bits per heavy atom. The summed E-state index contributed by atoms with van der Waals surface area (Å²) in [6, 6.07) is 6.67. The van der Waals surface area contributed by atoms with Crippen LogP contribution < -0.4 is 5.32 Å². The molecule has 0 aliphatic rings. The lowest BCUT2D eigenvalue weighted by molar-refractivity contribution is 0.424. The molecule has 20 heavy (non-hydrogen) atoms. The highest BCUT2D eigenvalue weighted by atomic mass is 15.3. The standard InChI is InChI=1S/C16H24N4/c1-4-15(5-2)20-10-8-14(19-20)11-17-12-16-13(3)7-6-9-18-16/h6-10,15,17H,4-5,11-12H2,1-3H3. The van der Waals surface area contributed by atoms with Gasteiger partial charge in [0, 0.05) is 25.5 Å². The molecular formula is C16H24N4. The number of hydrogen-bond acceptors (Lipinski definition) is 3. The minimum Gasteiger partial charge on any atom is -0.305 e. The van der Waals surface area contributed by atoms with Crippen molar-refractivity contribution in [1.82, 2.24) is 20.1 Å². The van der Waals surface area contributed by atoms with Gasteiger partial charge >= 0.3 is 0 Å². The first kappa shape index (κ1) is 14.7. The van der Waals surface area contributed by atoms with E-state index >= 15 is 0 Å². The monoisotopic (exact) mass is 272 g/mol. The van der Waals surface area contributed by atoms with Crippen molar-refractivity contribution in [3.8, 4) is 0 Å². The number of aryl methyl sites for hydroxylation is 1. The van der Waals surface area contributed by atoms with Gasteiger partial charge in [-0.1, -0.05) is 19.9 Å². The summed E-state index contributed by atoms with van der Waals surface area (Å²) >= 11 is 0. The third-order valence-electron chi connectivity index (χ3n) is 3.70. The molecular weight excluding hydrogens is 248 g/mol. The molecule has 0 aromatic carbocycles. The molecule has 2 aromatic heterocycles. The Balaban J connectivity index is 1.87. The van der Waals surface area contributed by atoms with Gasteiger partial charge in [-0.25, -0.2) is 0 Å². The number of nitrogens with one attached hydrogen (secondary N) is 1. The van der Waals surface area contributed by atoms with Crippen LogP contribution in [-0.2, 0) is 13.1 Å². The summed E-state index contributed by atoms with van der Waals surface area (Å²) in [6.45, 7) is 8.06. The Morgan fingerprint density at radius 3 is 2.70 bits per heavy atom. The van der Waals surface area contributed by atoms with Crippen molar-refractivity contribution in [2.45, 2.75) is 52.7 Å². The van der Waals surface area contributed by atoms with E-state index in [4.69, 9.17) is 0 Å². The second-order valence-electron chi connectivity index (χ2n) is 5.13. The molecule has 0 radical (unpaired) electrons. The van der Waals surface area contributed by atoms with Crippen molar-refractivity contribution in [1.29, 1.82) is 0 Å². The number of rotatable bonds is 7. The maximum atomic E-state index is 4.64. The number of nitrogens with zero attached hydrogens (tertiary/aromatic N) is 3. The molecule has 0 saturated carbocycles. The molecule has 2 heterocycles. The van der Waals surface area contributed by atoms with Gasteiger partial charge in [-0.05, 0) is 37.5 Å². The van der Waals surface area contributed by atoms with Crippen LogP contribution in [-0.4, -0.2) is 14.8 Å². The summed E-state index contributed by atoms with van der Waals surface area (Å²) in [7, 11) is 0. The maximum absolute atomic E-state index is 4.64. The highest BCUT2D eigenvalue weighted by molar-refractivity contribution is 5.17. The summed E-state index contributed by atoms with van der Waals surface area (Å²) in [5, 5.41) is 8.05. The van der Waals surface area contributed by atoms with Crippen LogP contribution >= 0.6 is 0 Å². The minimum atomic E-state index is 0.516. The van der Waals surface area contributed by atoms with E-state index in [9.17, 15) is 0 Å². The van der Waals surface area contributed by atoms with Crippen LogP contribution in [0.1, 0.15) is 49.7 Å². The molecule has 0 fully saturated rings. The predicted octanol–water partition coefficient (Wildman–Crippen LogP) is 3.24. The van der Waals surface area contributed by atoms with Crippen LogP contribution in [0.4, 0.5) is 0 Å². The first-order chi connectivity index (χ1) is 9.74. The minimum absolute atomic E-state index is 0.516. The van der Waals surface area contributed by atoms with Gasteiger partial charge in [-0.15, -0.1) is 0 Å². The molecule has 0 saturated heterocycles. The molecule has 2 aromatic rings. The summed E-state index contributed by atoms with van der Waals surface area (Å²) in [5.41, 5.74) is 3.42. The van der Waals surface area contributed by atoms with Crippen molar-refractivity contribution < 1.29 is 0 Å². The first-order valence-corrected chi connectivity index (χ1v) is 7.39. The summed E-state index contributed by atoms with van der Waals surface area (Å²) in [6.07, 6.45) is 6.17. The zero-order valence-corrected chi connectivity index (χ0v) is 12.6. The first-order valence-electron chi connectivity index (χ1n) is 7.39. The van der Waals surface area contributed by atoms with E-state index in [-0.39, 0.29) is 0 Å². The molecule has 0 bridgehead atoms. The molecule has 2 rings (SSSR count). The van der Waals surface area contributed by atoms with Gasteiger partial charge in [-0.3, -0.25) is 9.67 Å². The van der Waals surface area contributed by atoms with Crippen LogP contribution in [0.5, 0.6) is 0 Å². The molecule has 4 nitrogen and oxygen atoms in total. The molecule has 0 amide bonds. The third-order valence-corrected chi connectivity index (χ3v) is 3.70. The molecule has 0 aliphatic heterocycles. The summed E-state index contributed by atoms with van der Waals surface area (Å²) in [5.74, 6) is 0. The average Bonchev–Trinajstić information content (AvgIpc) is 2.91. The van der Waals surface area contributed by atoms with E-state index in [2.05, 4.69) is 59.2 Å². The van der Waals surface area contributed by atoms with Crippen molar-refractivity contribution in [3.63, 3.8) is 0 Å². The van der Waals surface area contributed by atoms with Crippen molar-refractivity contribution in [3.05, 3.63) is 47.5 Å². The lowest BCUT2D eigenvalue weighted by Crippen LogP contribution is -2.15. The smallest absolute Gasteiger partial charge is 0.0762 e. The second kappa shape index (κ2) is 7.20. The Kier molecular flexibility index (Phi) is 5.30. The van der Waals surface area contributed by atoms with E-state index in [1.54, 1.807) is 0 Å². The summed E-state index contributed by atoms with van der Waals surface area (Å²) < 4.78 is 2.09. The second-order valence-corrected chi connectivity index (χ2v) is 5.13. The Labute approximate surface area is 121 Å². The lowest BCUT2D eigenvalue weighted by atomic mass is 10.2. The molecule has 1 N–H and O–H groups in total. The van der Waals surface area contributed by atoms with Crippen LogP contribution in [0, 0.1) is 6.92 Å². The maximum Gasteiger partial charge on any atom is 0.0762 e. The van der Waals surface area contributed by atoms with E-state index in [1.165, 1.54) is 5.56 Å². The normalized spacial score (nSPS) is 11.2. The van der Waals surface area contributed by atoms with Crippen molar-refractivity contribution >= 4 is 0 Å². The Hall–Kier alpha value is -1.68. The van der Waals surface area contributed by atoms with Crippen LogP contribution in [0.3, 0.4) is 0 Å². The molecule has 0 atom stereocenters. The van der Waals surface area contributed by atoms with E-state index in [1.807, 2.05) is 12.3 Å². The summed E-state index contributed by atoms with van der Waals surface area (Å²) in [4.78, 5) is 4.38. The predicted molar refractivity (Wildman–Crippen MR) is 81.4 cm³/mol. The Bertz CT molecular complexity index is 529. The van der Waals surface area contributed by atoms with Crippen LogP contribution in [0.25, 0.3) is 0 Å². The van der Waals surface area contributed by atoms with Gasteiger partial charge in [0.15, 0.2) is 0 Å². The molecule has 4 heteroatoms. The average molecular weight is 272 g/mol. The fourth-order valence-electron chi connectivity index (χ4n) is 2.35. The van der Waals surface area contributed by atoms with Gasteiger partial charge in [0.25, 0.3) is 0 Å². The number of hydrogen-bond donors (Lipinski definition) is 1. The zero-order valence-electron chi connectivity index (χ0n) is 12.6. The Morgan fingerprint density at radius 1 is 1.20 bits per heavy atom. The number of pyridine rings is 1. The van der Waals surface area contributed by atoms with Gasteiger partial charge in [0.1, 0.15) is 0 Å². The van der Waals surface area contributed by atoms with E-state index in [0.717, 1.165) is 37.3 Å². The van der Waals surface area contributed by atoms with Crippen molar-refractivity contribution in [2.75, 3.05) is 0 Å². The highest BCUT2D eigenvalue weighted by Gasteiger charge is 2.07. The quantitative estimate of drug-likeness (QED) is 0.841. The van der Waals surface area contributed by atoms with Crippen molar-refractivity contribution in [2.24, 2.45) is 0 Å². The fraction of sp³-hybridized carbons (Fsp3) is 0.500. The lowest BCUT2D eigenvalue weighted by Gasteiger charge is -2.12. The van der Waals surface area contributed by atoms with Gasteiger partial charge in [0.2, 0.25) is 0 Å². The highest BCUT2D eigenvalue weighted by Crippen LogP contribution is 2.14. The van der Waals surface area contributed by atoms with Gasteiger partial charge < -0.3 is 5.32 Å². The van der Waals surface area contributed by atoms with Crippen LogP contribution in [0.15, 0.2) is 30.6 Å². The van der Waals surface area contributed by atoms with Gasteiger partial charge in [0.05, 0.1) is 17.4 Å². The molecule has 108 valence electrons. The zero-order chi connectivity index (χ0) is 14.4. The SMILES string of the molecule is CCC(CC)n1ccc(CNCc2ncccc2C)n1.